The zero-order valence-electron chi connectivity index (χ0n) is 18.2. The lowest BCUT2D eigenvalue weighted by atomic mass is 10.1. The Morgan fingerprint density at radius 2 is 1.71 bits per heavy atom. The summed E-state index contributed by atoms with van der Waals surface area (Å²) in [5, 5.41) is 5.88. The van der Waals surface area contributed by atoms with Gasteiger partial charge in [0.25, 0.3) is 20.2 Å². The molecule has 4 rings (SSSR count). The summed E-state index contributed by atoms with van der Waals surface area (Å²) in [7, 11) is -9.35. The van der Waals surface area contributed by atoms with Crippen LogP contribution in [0.25, 0.3) is 10.8 Å². The molecule has 0 atom stereocenters. The molecule has 1 aliphatic rings. The van der Waals surface area contributed by atoms with Gasteiger partial charge in [0.2, 0.25) is 17.8 Å². The van der Waals surface area contributed by atoms with E-state index < -0.39 is 30.0 Å². The molecule has 1 aromatic heterocycles. The van der Waals surface area contributed by atoms with E-state index in [1.54, 1.807) is 0 Å². The Hall–Kier alpha value is -3.15. The average Bonchev–Trinajstić information content (AvgIpc) is 2.81. The molecule has 0 amide bonds. The zero-order valence-corrected chi connectivity index (χ0v) is 19.9. The highest BCUT2D eigenvalue weighted by molar-refractivity contribution is 7.86. The van der Waals surface area contributed by atoms with Crippen LogP contribution in [0.3, 0.4) is 0 Å². The molecule has 0 unspecified atom stereocenters. The Balaban J connectivity index is 1.89. The van der Waals surface area contributed by atoms with Gasteiger partial charge in [-0.25, -0.2) is 0 Å². The van der Waals surface area contributed by atoms with Crippen LogP contribution in [0.2, 0.25) is 0 Å². The molecule has 2 heterocycles. The van der Waals surface area contributed by atoms with Crippen molar-refractivity contribution in [3.63, 3.8) is 0 Å². The number of rotatable bonds is 8. The van der Waals surface area contributed by atoms with Gasteiger partial charge in [-0.15, -0.1) is 0 Å². The molecule has 16 heteroatoms. The first kappa shape index (κ1) is 25.0. The summed E-state index contributed by atoms with van der Waals surface area (Å²) in [6.45, 7) is 2.65. The lowest BCUT2D eigenvalue weighted by Crippen LogP contribution is -2.37. The van der Waals surface area contributed by atoms with E-state index in [1.807, 2.05) is 4.90 Å². The fraction of sp³-hybridized carbons (Fsp3) is 0.316. The molecule has 2 aromatic carbocycles. The lowest BCUT2D eigenvalue weighted by molar-refractivity contribution is 0.122. The maximum absolute atomic E-state index is 12.0. The summed E-state index contributed by atoms with van der Waals surface area (Å²) < 4.78 is 72.6. The standard InChI is InChI=1S/C19H23N7O7S2/c20-4-5-21-17-23-18(25-19(24-17)26-6-8-33-9-7-26)22-14-11-13(34(27,28)29)10-12-2-1-3-15(16(12)14)35(30,31)32/h1-3,10-11H,4-9,20H2,(H,27,28,29)(H,30,31,32)(H2,21,22,23,24,25). The molecule has 1 fully saturated rings. The van der Waals surface area contributed by atoms with E-state index in [4.69, 9.17) is 10.5 Å². The van der Waals surface area contributed by atoms with Crippen LogP contribution in [0.15, 0.2) is 40.1 Å². The highest BCUT2D eigenvalue weighted by Gasteiger charge is 2.22. The summed E-state index contributed by atoms with van der Waals surface area (Å²) in [4.78, 5) is 13.9. The first-order valence-corrected chi connectivity index (χ1v) is 13.3. The molecule has 3 aromatic rings. The summed E-state index contributed by atoms with van der Waals surface area (Å²) >= 11 is 0. The fourth-order valence-electron chi connectivity index (χ4n) is 3.54. The van der Waals surface area contributed by atoms with E-state index in [0.717, 1.165) is 18.2 Å². The van der Waals surface area contributed by atoms with Crippen LogP contribution >= 0.6 is 0 Å². The molecule has 14 nitrogen and oxygen atoms in total. The SMILES string of the molecule is NCCNc1nc(Nc2cc(S(=O)(=O)O)cc3cccc(S(=O)(=O)O)c23)nc(N2CCOCC2)n1. The van der Waals surface area contributed by atoms with Crippen molar-refractivity contribution in [1.29, 1.82) is 0 Å². The van der Waals surface area contributed by atoms with E-state index in [2.05, 4.69) is 25.6 Å². The molecule has 1 saturated heterocycles. The van der Waals surface area contributed by atoms with Crippen molar-refractivity contribution < 1.29 is 30.7 Å². The number of morpholine rings is 1. The third-order valence-corrected chi connectivity index (χ3v) is 6.81. The Morgan fingerprint density at radius 3 is 2.37 bits per heavy atom. The number of hydrogen-bond donors (Lipinski definition) is 5. The van der Waals surface area contributed by atoms with Crippen molar-refractivity contribution in [2.75, 3.05) is 54.9 Å². The maximum Gasteiger partial charge on any atom is 0.295 e. The van der Waals surface area contributed by atoms with Gasteiger partial charge in [-0.05, 0) is 23.6 Å². The number of nitrogens with one attached hydrogen (secondary N) is 2. The zero-order chi connectivity index (χ0) is 25.2. The van der Waals surface area contributed by atoms with Gasteiger partial charge >= 0.3 is 0 Å². The third kappa shape index (κ3) is 5.75. The van der Waals surface area contributed by atoms with Crippen molar-refractivity contribution in [1.82, 2.24) is 15.0 Å². The van der Waals surface area contributed by atoms with Crippen molar-refractivity contribution in [3.05, 3.63) is 30.3 Å². The quantitative estimate of drug-likeness (QED) is 0.253. The highest BCUT2D eigenvalue weighted by Crippen LogP contribution is 2.34. The molecular weight excluding hydrogens is 502 g/mol. The fourth-order valence-corrected chi connectivity index (χ4v) is 4.82. The molecular formula is C19H23N7O7S2. The van der Waals surface area contributed by atoms with Crippen LogP contribution in [0.1, 0.15) is 0 Å². The normalized spacial score (nSPS) is 14.8. The topological polar surface area (TPSA) is 210 Å². The van der Waals surface area contributed by atoms with E-state index in [-0.39, 0.29) is 28.4 Å². The Labute approximate surface area is 201 Å². The van der Waals surface area contributed by atoms with E-state index in [1.165, 1.54) is 12.1 Å². The van der Waals surface area contributed by atoms with Gasteiger partial charge in [-0.2, -0.15) is 31.8 Å². The molecule has 0 saturated carbocycles. The van der Waals surface area contributed by atoms with Crippen LogP contribution in [-0.2, 0) is 25.0 Å². The number of benzene rings is 2. The largest absolute Gasteiger partial charge is 0.378 e. The van der Waals surface area contributed by atoms with E-state index in [0.29, 0.717) is 45.3 Å². The van der Waals surface area contributed by atoms with Gasteiger partial charge in [0.1, 0.15) is 4.90 Å². The Morgan fingerprint density at radius 1 is 1.00 bits per heavy atom. The smallest absolute Gasteiger partial charge is 0.295 e. The second kappa shape index (κ2) is 9.84. The molecule has 0 radical (unpaired) electrons. The first-order valence-electron chi connectivity index (χ1n) is 10.4. The second-order valence-electron chi connectivity index (χ2n) is 7.50. The molecule has 6 N–H and O–H groups in total. The van der Waals surface area contributed by atoms with Gasteiger partial charge < -0.3 is 26.0 Å². The highest BCUT2D eigenvalue weighted by atomic mass is 32.2. The number of fused-ring (bicyclic) bond motifs is 1. The minimum absolute atomic E-state index is 0.0211. The van der Waals surface area contributed by atoms with E-state index in [9.17, 15) is 25.9 Å². The minimum atomic E-state index is -4.69. The number of nitrogens with zero attached hydrogens (tertiary/aromatic N) is 4. The first-order chi connectivity index (χ1) is 16.6. The lowest BCUT2D eigenvalue weighted by Gasteiger charge is -2.27. The summed E-state index contributed by atoms with van der Waals surface area (Å²) in [6, 6.07) is 6.04. The van der Waals surface area contributed by atoms with Crippen LogP contribution in [-0.4, -0.2) is 80.3 Å². The van der Waals surface area contributed by atoms with Crippen molar-refractivity contribution >= 4 is 54.5 Å². The predicted molar refractivity (Wildman–Crippen MR) is 127 cm³/mol. The summed E-state index contributed by atoms with van der Waals surface area (Å²) in [6.07, 6.45) is 0. The number of ether oxygens (including phenoxy) is 1. The van der Waals surface area contributed by atoms with Crippen LogP contribution in [0.4, 0.5) is 23.5 Å². The number of anilines is 4. The van der Waals surface area contributed by atoms with Crippen molar-refractivity contribution in [2.45, 2.75) is 9.79 Å². The number of hydrogen-bond acceptors (Lipinski definition) is 12. The number of aromatic nitrogens is 3. The molecule has 1 aliphatic heterocycles. The predicted octanol–water partition coefficient (Wildman–Crippen LogP) is 0.469. The Bertz CT molecular complexity index is 1460. The van der Waals surface area contributed by atoms with Crippen LogP contribution in [0.5, 0.6) is 0 Å². The third-order valence-electron chi connectivity index (χ3n) is 5.08. The van der Waals surface area contributed by atoms with E-state index >= 15 is 0 Å². The second-order valence-corrected chi connectivity index (χ2v) is 10.3. The van der Waals surface area contributed by atoms with Crippen molar-refractivity contribution in [3.8, 4) is 0 Å². The summed E-state index contributed by atoms with van der Waals surface area (Å²) in [5.74, 6) is 0.440. The number of nitrogens with two attached hydrogens (primary N) is 1. The van der Waals surface area contributed by atoms with Gasteiger partial charge in [0.15, 0.2) is 0 Å². The Kier molecular flexibility index (Phi) is 7.02. The molecule has 0 spiro atoms. The van der Waals surface area contributed by atoms with Gasteiger partial charge in [-0.1, -0.05) is 12.1 Å². The molecule has 35 heavy (non-hydrogen) atoms. The molecule has 0 bridgehead atoms. The van der Waals surface area contributed by atoms with Gasteiger partial charge in [-0.3, -0.25) is 9.11 Å². The molecule has 0 aliphatic carbocycles. The summed E-state index contributed by atoms with van der Waals surface area (Å²) in [5.41, 5.74) is 5.48. The monoisotopic (exact) mass is 525 g/mol. The minimum Gasteiger partial charge on any atom is -0.378 e. The van der Waals surface area contributed by atoms with Crippen LogP contribution < -0.4 is 21.3 Å². The van der Waals surface area contributed by atoms with Crippen LogP contribution in [0, 0.1) is 0 Å². The average molecular weight is 526 g/mol. The van der Waals surface area contributed by atoms with Gasteiger partial charge in [0.05, 0.1) is 23.8 Å². The molecule has 188 valence electrons. The van der Waals surface area contributed by atoms with Crippen molar-refractivity contribution in [2.24, 2.45) is 5.73 Å². The van der Waals surface area contributed by atoms with Gasteiger partial charge in [0, 0.05) is 31.6 Å². The maximum atomic E-state index is 12.0.